The summed E-state index contributed by atoms with van der Waals surface area (Å²) < 4.78 is 13.1. The van der Waals surface area contributed by atoms with Gasteiger partial charge in [0.2, 0.25) is 5.88 Å². The van der Waals surface area contributed by atoms with Crippen molar-refractivity contribution in [2.75, 3.05) is 0 Å². The summed E-state index contributed by atoms with van der Waals surface area (Å²) in [6.07, 6.45) is 2.38. The molecule has 2 rings (SSSR count). The van der Waals surface area contributed by atoms with E-state index in [0.717, 1.165) is 23.2 Å². The molecule has 0 bridgehead atoms. The molecule has 8 heteroatoms. The highest BCUT2D eigenvalue weighted by molar-refractivity contribution is 6.35. The SMILES string of the molecule is C/C=N\N1C(O)=C(c2ccc(F)cc2Cl)C(=O)N/C1=C\C#N. The van der Waals surface area contributed by atoms with Gasteiger partial charge in [-0.2, -0.15) is 15.4 Å². The zero-order chi connectivity index (χ0) is 16.3. The summed E-state index contributed by atoms with van der Waals surface area (Å²) in [6, 6.07) is 5.15. The third-order valence-corrected chi connectivity index (χ3v) is 3.07. The minimum atomic E-state index is -0.685. The first-order valence-electron chi connectivity index (χ1n) is 6.08. The van der Waals surface area contributed by atoms with Crippen LogP contribution >= 0.6 is 11.6 Å². The maximum absolute atomic E-state index is 13.1. The van der Waals surface area contributed by atoms with Crippen LogP contribution in [0.4, 0.5) is 4.39 Å². The number of allylic oxidation sites excluding steroid dienone is 1. The molecule has 112 valence electrons. The molecule has 0 saturated heterocycles. The van der Waals surface area contributed by atoms with Gasteiger partial charge in [0, 0.05) is 11.8 Å². The number of hydrogen-bond acceptors (Lipinski definition) is 5. The molecule has 1 aromatic carbocycles. The van der Waals surface area contributed by atoms with Crippen LogP contribution in [-0.4, -0.2) is 22.2 Å². The molecule has 1 amide bonds. The number of aliphatic hydroxyl groups excluding tert-OH is 1. The molecular weight excluding hydrogens is 311 g/mol. The molecule has 1 aliphatic rings. The number of nitrogens with one attached hydrogen (secondary N) is 1. The third-order valence-electron chi connectivity index (χ3n) is 2.75. The lowest BCUT2D eigenvalue weighted by atomic mass is 10.0. The predicted octanol–water partition coefficient (Wildman–Crippen LogP) is 2.51. The van der Waals surface area contributed by atoms with Crippen LogP contribution in [0.2, 0.25) is 5.02 Å². The van der Waals surface area contributed by atoms with Crippen molar-refractivity contribution in [3.8, 4) is 6.07 Å². The van der Waals surface area contributed by atoms with Gasteiger partial charge in [-0.3, -0.25) is 4.79 Å². The number of nitriles is 1. The van der Waals surface area contributed by atoms with Crippen LogP contribution in [0, 0.1) is 17.1 Å². The summed E-state index contributed by atoms with van der Waals surface area (Å²) in [6.45, 7) is 1.60. The number of halogens is 2. The lowest BCUT2D eigenvalue weighted by Crippen LogP contribution is -2.39. The lowest BCUT2D eigenvalue weighted by Gasteiger charge is -2.28. The zero-order valence-electron chi connectivity index (χ0n) is 11.3. The van der Waals surface area contributed by atoms with Gasteiger partial charge in [-0.1, -0.05) is 11.6 Å². The summed E-state index contributed by atoms with van der Waals surface area (Å²) in [5.41, 5.74) is -0.0314. The minimum Gasteiger partial charge on any atom is -0.493 e. The van der Waals surface area contributed by atoms with Crippen molar-refractivity contribution in [2.45, 2.75) is 6.92 Å². The van der Waals surface area contributed by atoms with E-state index < -0.39 is 17.6 Å². The fourth-order valence-electron chi connectivity index (χ4n) is 1.88. The van der Waals surface area contributed by atoms with E-state index in [4.69, 9.17) is 16.9 Å². The van der Waals surface area contributed by atoms with Crippen molar-refractivity contribution in [3.05, 3.63) is 52.4 Å². The molecule has 0 radical (unpaired) electrons. The smallest absolute Gasteiger partial charge is 0.262 e. The van der Waals surface area contributed by atoms with Gasteiger partial charge in [-0.05, 0) is 25.1 Å². The number of amides is 1. The summed E-state index contributed by atoms with van der Waals surface area (Å²) in [5, 5.41) is 26.2. The van der Waals surface area contributed by atoms with E-state index in [2.05, 4.69) is 10.4 Å². The predicted molar refractivity (Wildman–Crippen MR) is 78.8 cm³/mol. The molecule has 0 aromatic heterocycles. The number of benzene rings is 1. The lowest BCUT2D eigenvalue weighted by molar-refractivity contribution is -0.116. The second kappa shape index (κ2) is 6.28. The Kier molecular flexibility index (Phi) is 4.44. The average molecular weight is 321 g/mol. The van der Waals surface area contributed by atoms with Gasteiger partial charge in [0.05, 0.1) is 17.2 Å². The van der Waals surface area contributed by atoms with Gasteiger partial charge in [0.25, 0.3) is 5.91 Å². The van der Waals surface area contributed by atoms with Crippen molar-refractivity contribution >= 4 is 29.3 Å². The van der Waals surface area contributed by atoms with E-state index in [0.29, 0.717) is 0 Å². The molecular formula is C14H10ClFN4O2. The molecule has 0 fully saturated rings. The Hall–Kier alpha value is -2.85. The first-order valence-corrected chi connectivity index (χ1v) is 6.46. The number of carbonyl (C=O) groups is 1. The Bertz CT molecular complexity index is 765. The van der Waals surface area contributed by atoms with Gasteiger partial charge < -0.3 is 10.4 Å². The summed E-state index contributed by atoms with van der Waals surface area (Å²) in [7, 11) is 0. The molecule has 0 aliphatic carbocycles. The van der Waals surface area contributed by atoms with E-state index in [1.54, 1.807) is 13.0 Å². The van der Waals surface area contributed by atoms with Crippen molar-refractivity contribution in [3.63, 3.8) is 0 Å². The van der Waals surface area contributed by atoms with Gasteiger partial charge >= 0.3 is 0 Å². The Morgan fingerprint density at radius 1 is 1.55 bits per heavy atom. The van der Waals surface area contributed by atoms with Gasteiger partial charge in [0.1, 0.15) is 17.2 Å². The molecule has 22 heavy (non-hydrogen) atoms. The molecule has 0 saturated carbocycles. The number of hydrogen-bond donors (Lipinski definition) is 2. The third kappa shape index (κ3) is 2.77. The van der Waals surface area contributed by atoms with E-state index in [1.807, 2.05) is 0 Å². The van der Waals surface area contributed by atoms with Crippen LogP contribution in [0.25, 0.3) is 5.57 Å². The van der Waals surface area contributed by atoms with Gasteiger partial charge in [0.15, 0.2) is 0 Å². The van der Waals surface area contributed by atoms with E-state index in [9.17, 15) is 14.3 Å². The molecule has 1 aromatic rings. The second-order valence-electron chi connectivity index (χ2n) is 4.12. The highest BCUT2D eigenvalue weighted by atomic mass is 35.5. The van der Waals surface area contributed by atoms with Crippen LogP contribution in [0.5, 0.6) is 0 Å². The summed E-state index contributed by atoms with van der Waals surface area (Å²) in [4.78, 5) is 12.2. The topological polar surface area (TPSA) is 88.7 Å². The number of hydrazone groups is 1. The van der Waals surface area contributed by atoms with Gasteiger partial charge in [-0.15, -0.1) is 0 Å². The Morgan fingerprint density at radius 3 is 2.86 bits per heavy atom. The summed E-state index contributed by atoms with van der Waals surface area (Å²) >= 11 is 5.93. The normalized spacial score (nSPS) is 17.1. The van der Waals surface area contributed by atoms with Crippen molar-refractivity contribution in [2.24, 2.45) is 5.10 Å². The Balaban J connectivity index is 2.65. The van der Waals surface area contributed by atoms with Crippen LogP contribution in [0.15, 0.2) is 41.1 Å². The fourth-order valence-corrected chi connectivity index (χ4v) is 2.14. The Morgan fingerprint density at radius 2 is 2.27 bits per heavy atom. The quantitative estimate of drug-likeness (QED) is 0.647. The fraction of sp³-hybridized carbons (Fsp3) is 0.0714. The number of carbonyl (C=O) groups excluding carboxylic acids is 1. The van der Waals surface area contributed by atoms with E-state index >= 15 is 0 Å². The summed E-state index contributed by atoms with van der Waals surface area (Å²) in [5.74, 6) is -1.78. The van der Waals surface area contributed by atoms with E-state index in [-0.39, 0.29) is 22.0 Å². The average Bonchev–Trinajstić information content (AvgIpc) is 2.45. The minimum absolute atomic E-state index is 0.00918. The highest BCUT2D eigenvalue weighted by Gasteiger charge is 2.31. The van der Waals surface area contributed by atoms with Crippen LogP contribution in [0.1, 0.15) is 12.5 Å². The van der Waals surface area contributed by atoms with Crippen LogP contribution < -0.4 is 5.32 Å². The monoisotopic (exact) mass is 320 g/mol. The first-order chi connectivity index (χ1) is 10.5. The maximum Gasteiger partial charge on any atom is 0.262 e. The largest absolute Gasteiger partial charge is 0.493 e. The van der Waals surface area contributed by atoms with Crippen LogP contribution in [-0.2, 0) is 4.79 Å². The molecule has 6 nitrogen and oxygen atoms in total. The van der Waals surface area contributed by atoms with Crippen molar-refractivity contribution < 1.29 is 14.3 Å². The number of aliphatic hydroxyl groups is 1. The van der Waals surface area contributed by atoms with Crippen molar-refractivity contribution in [1.29, 1.82) is 5.26 Å². The van der Waals surface area contributed by atoms with Crippen LogP contribution in [0.3, 0.4) is 0 Å². The zero-order valence-corrected chi connectivity index (χ0v) is 12.1. The molecule has 1 heterocycles. The number of rotatable bonds is 2. The standard InChI is InChI=1S/C14H10ClFN4O2/c1-2-18-20-11(5-6-17)19-13(21)12(14(20)22)9-4-3-8(16)7-10(9)15/h2-5,7,22H,1H3,(H,19,21)/b11-5+,18-2-. The van der Waals surface area contributed by atoms with Crippen molar-refractivity contribution in [1.82, 2.24) is 10.3 Å². The first kappa shape index (κ1) is 15.5. The molecule has 2 N–H and O–H groups in total. The van der Waals surface area contributed by atoms with Gasteiger partial charge in [-0.25, -0.2) is 4.39 Å². The molecule has 0 spiro atoms. The number of nitrogens with zero attached hydrogens (tertiary/aromatic N) is 3. The molecule has 0 atom stereocenters. The second-order valence-corrected chi connectivity index (χ2v) is 4.53. The Labute approximate surface area is 130 Å². The molecule has 0 unspecified atom stereocenters. The molecule has 1 aliphatic heterocycles. The highest BCUT2D eigenvalue weighted by Crippen LogP contribution is 2.31. The van der Waals surface area contributed by atoms with E-state index in [1.165, 1.54) is 12.3 Å². The maximum atomic E-state index is 13.1.